The molecular weight excluding hydrogens is 286 g/mol. The molecule has 1 rings (SSSR count). The SMILES string of the molecule is CCC(CC)N(C)S(=O)(=O)c1cc(CO)ccc1Cl. The maximum absolute atomic E-state index is 12.5. The maximum atomic E-state index is 12.5. The van der Waals surface area contributed by atoms with Crippen LogP contribution in [-0.2, 0) is 16.6 Å². The van der Waals surface area contributed by atoms with Crippen molar-refractivity contribution in [3.05, 3.63) is 28.8 Å². The van der Waals surface area contributed by atoms with E-state index < -0.39 is 10.0 Å². The molecule has 1 aromatic rings. The quantitative estimate of drug-likeness (QED) is 0.879. The number of rotatable bonds is 6. The third kappa shape index (κ3) is 3.48. The first-order chi connectivity index (χ1) is 8.88. The number of halogens is 1. The van der Waals surface area contributed by atoms with Crippen molar-refractivity contribution >= 4 is 21.6 Å². The molecule has 1 N–H and O–H groups in total. The lowest BCUT2D eigenvalue weighted by molar-refractivity contribution is 0.281. The number of aliphatic hydroxyl groups excluding tert-OH is 1. The molecule has 4 nitrogen and oxygen atoms in total. The van der Waals surface area contributed by atoms with Crippen LogP contribution < -0.4 is 0 Å². The van der Waals surface area contributed by atoms with Gasteiger partial charge in [0, 0.05) is 13.1 Å². The predicted octanol–water partition coefficient (Wildman–Crippen LogP) is 2.64. The van der Waals surface area contributed by atoms with Crippen molar-refractivity contribution in [2.24, 2.45) is 0 Å². The summed E-state index contributed by atoms with van der Waals surface area (Å²) in [6, 6.07) is 4.48. The predicted molar refractivity (Wildman–Crippen MR) is 76.7 cm³/mol. The highest BCUT2D eigenvalue weighted by Gasteiger charge is 2.28. The molecule has 0 aliphatic rings. The second kappa shape index (κ2) is 6.70. The lowest BCUT2D eigenvalue weighted by atomic mass is 10.2. The van der Waals surface area contributed by atoms with Gasteiger partial charge in [-0.15, -0.1) is 0 Å². The zero-order chi connectivity index (χ0) is 14.6. The zero-order valence-electron chi connectivity index (χ0n) is 11.4. The highest BCUT2D eigenvalue weighted by molar-refractivity contribution is 7.89. The Hall–Kier alpha value is -0.620. The lowest BCUT2D eigenvalue weighted by Crippen LogP contribution is -2.36. The van der Waals surface area contributed by atoms with Crippen LogP contribution in [0.1, 0.15) is 32.3 Å². The first kappa shape index (κ1) is 16.4. The van der Waals surface area contributed by atoms with Crippen LogP contribution in [0.3, 0.4) is 0 Å². The summed E-state index contributed by atoms with van der Waals surface area (Å²) in [6.07, 6.45) is 1.48. The van der Waals surface area contributed by atoms with Crippen molar-refractivity contribution in [1.82, 2.24) is 4.31 Å². The molecule has 0 fully saturated rings. The summed E-state index contributed by atoms with van der Waals surface area (Å²) in [5, 5.41) is 9.28. The molecule has 0 aliphatic carbocycles. The second-order valence-electron chi connectivity index (χ2n) is 4.41. The minimum absolute atomic E-state index is 0.0510. The number of hydrogen-bond donors (Lipinski definition) is 1. The van der Waals surface area contributed by atoms with Crippen LogP contribution in [0, 0.1) is 0 Å². The van der Waals surface area contributed by atoms with Crippen molar-refractivity contribution < 1.29 is 13.5 Å². The van der Waals surface area contributed by atoms with Gasteiger partial charge in [0.25, 0.3) is 0 Å². The van der Waals surface area contributed by atoms with Gasteiger partial charge in [0.15, 0.2) is 0 Å². The molecule has 0 saturated heterocycles. The van der Waals surface area contributed by atoms with Crippen LogP contribution in [0.25, 0.3) is 0 Å². The fourth-order valence-electron chi connectivity index (χ4n) is 2.00. The van der Waals surface area contributed by atoms with E-state index in [0.29, 0.717) is 5.56 Å². The van der Waals surface area contributed by atoms with Gasteiger partial charge in [0.2, 0.25) is 10.0 Å². The largest absolute Gasteiger partial charge is 0.392 e. The van der Waals surface area contributed by atoms with Crippen LogP contribution in [0.5, 0.6) is 0 Å². The standard InChI is InChI=1S/C13H20ClNO3S/c1-4-11(5-2)15(3)19(17,18)13-8-10(9-16)6-7-12(13)14/h6-8,11,16H,4-5,9H2,1-3H3. The van der Waals surface area contributed by atoms with Gasteiger partial charge in [-0.25, -0.2) is 8.42 Å². The van der Waals surface area contributed by atoms with E-state index in [0.717, 1.165) is 12.8 Å². The summed E-state index contributed by atoms with van der Waals surface area (Å²) < 4.78 is 26.4. The molecule has 0 radical (unpaired) electrons. The Morgan fingerprint density at radius 1 is 1.32 bits per heavy atom. The molecule has 0 spiro atoms. The van der Waals surface area contributed by atoms with E-state index >= 15 is 0 Å². The van der Waals surface area contributed by atoms with E-state index in [1.165, 1.54) is 16.4 Å². The molecule has 6 heteroatoms. The zero-order valence-corrected chi connectivity index (χ0v) is 13.0. The molecular formula is C13H20ClNO3S. The van der Waals surface area contributed by atoms with Gasteiger partial charge in [-0.2, -0.15) is 4.31 Å². The fraction of sp³-hybridized carbons (Fsp3) is 0.538. The molecule has 0 aromatic heterocycles. The Morgan fingerprint density at radius 2 is 1.89 bits per heavy atom. The molecule has 108 valence electrons. The highest BCUT2D eigenvalue weighted by Crippen LogP contribution is 2.27. The highest BCUT2D eigenvalue weighted by atomic mass is 35.5. The van der Waals surface area contributed by atoms with E-state index in [4.69, 9.17) is 16.7 Å². The maximum Gasteiger partial charge on any atom is 0.244 e. The third-order valence-corrected chi connectivity index (χ3v) is 5.68. The van der Waals surface area contributed by atoms with Gasteiger partial charge in [-0.05, 0) is 30.5 Å². The molecule has 0 heterocycles. The molecule has 0 aliphatic heterocycles. The number of sulfonamides is 1. The summed E-state index contributed by atoms with van der Waals surface area (Å²) in [5.41, 5.74) is 0.529. The first-order valence-corrected chi connectivity index (χ1v) is 8.07. The number of hydrogen-bond acceptors (Lipinski definition) is 3. The Morgan fingerprint density at radius 3 is 2.37 bits per heavy atom. The monoisotopic (exact) mass is 305 g/mol. The molecule has 0 amide bonds. The second-order valence-corrected chi connectivity index (χ2v) is 6.79. The molecule has 0 saturated carbocycles. The average molecular weight is 306 g/mol. The molecule has 1 aromatic carbocycles. The minimum Gasteiger partial charge on any atom is -0.392 e. The van der Waals surface area contributed by atoms with Crippen LogP contribution in [0.15, 0.2) is 23.1 Å². The van der Waals surface area contributed by atoms with Gasteiger partial charge in [0.05, 0.1) is 11.6 Å². The van der Waals surface area contributed by atoms with E-state index in [-0.39, 0.29) is 22.6 Å². The topological polar surface area (TPSA) is 57.6 Å². The van der Waals surface area contributed by atoms with Crippen molar-refractivity contribution in [1.29, 1.82) is 0 Å². The average Bonchev–Trinajstić information content (AvgIpc) is 2.40. The van der Waals surface area contributed by atoms with Crippen molar-refractivity contribution in [2.45, 2.75) is 44.2 Å². The molecule has 19 heavy (non-hydrogen) atoms. The Bertz CT molecular complexity index is 527. The normalized spacial score (nSPS) is 12.4. The number of nitrogens with zero attached hydrogens (tertiary/aromatic N) is 1. The summed E-state index contributed by atoms with van der Waals surface area (Å²) in [6.45, 7) is 3.69. The molecule has 0 unspecified atom stereocenters. The Labute approximate surface area is 120 Å². The Kier molecular flexibility index (Phi) is 5.80. The van der Waals surface area contributed by atoms with Crippen LogP contribution in [0.2, 0.25) is 5.02 Å². The van der Waals surface area contributed by atoms with Crippen molar-refractivity contribution in [2.75, 3.05) is 7.05 Å². The third-order valence-electron chi connectivity index (χ3n) is 3.29. The first-order valence-electron chi connectivity index (χ1n) is 6.25. The van der Waals surface area contributed by atoms with E-state index in [1.54, 1.807) is 13.1 Å². The van der Waals surface area contributed by atoms with Gasteiger partial charge in [-0.1, -0.05) is 31.5 Å². The van der Waals surface area contributed by atoms with Crippen LogP contribution in [-0.4, -0.2) is 30.9 Å². The number of benzene rings is 1. The Balaban J connectivity index is 3.26. The summed E-state index contributed by atoms with van der Waals surface area (Å²) in [4.78, 5) is 0.0510. The van der Waals surface area contributed by atoms with Gasteiger partial charge < -0.3 is 5.11 Å². The van der Waals surface area contributed by atoms with Gasteiger partial charge in [-0.3, -0.25) is 0 Å². The van der Waals surface area contributed by atoms with Gasteiger partial charge in [0.1, 0.15) is 4.90 Å². The fourth-order valence-corrected chi connectivity index (χ4v) is 4.02. The van der Waals surface area contributed by atoms with Crippen LogP contribution in [0.4, 0.5) is 0 Å². The molecule has 0 atom stereocenters. The summed E-state index contributed by atoms with van der Waals surface area (Å²) in [5.74, 6) is 0. The van der Waals surface area contributed by atoms with E-state index in [1.807, 2.05) is 13.8 Å². The lowest BCUT2D eigenvalue weighted by Gasteiger charge is -2.26. The number of aliphatic hydroxyl groups is 1. The van der Waals surface area contributed by atoms with E-state index in [9.17, 15) is 8.42 Å². The summed E-state index contributed by atoms with van der Waals surface area (Å²) in [7, 11) is -2.07. The van der Waals surface area contributed by atoms with Crippen molar-refractivity contribution in [3.63, 3.8) is 0 Å². The van der Waals surface area contributed by atoms with E-state index in [2.05, 4.69) is 0 Å². The van der Waals surface area contributed by atoms with Crippen molar-refractivity contribution in [3.8, 4) is 0 Å². The summed E-state index contributed by atoms with van der Waals surface area (Å²) >= 11 is 5.99. The smallest absolute Gasteiger partial charge is 0.244 e. The molecule has 0 bridgehead atoms. The minimum atomic E-state index is -3.64. The van der Waals surface area contributed by atoms with Crippen LogP contribution >= 0.6 is 11.6 Å². The van der Waals surface area contributed by atoms with Gasteiger partial charge >= 0.3 is 0 Å².